The summed E-state index contributed by atoms with van der Waals surface area (Å²) in [6.45, 7) is 2.13. The van der Waals surface area contributed by atoms with E-state index in [9.17, 15) is 30.7 Å². The van der Waals surface area contributed by atoms with Gasteiger partial charge in [0.1, 0.15) is 6.61 Å². The van der Waals surface area contributed by atoms with Crippen LogP contribution in [-0.2, 0) is 6.61 Å². The van der Waals surface area contributed by atoms with Crippen molar-refractivity contribution in [3.05, 3.63) is 56.7 Å². The van der Waals surface area contributed by atoms with Crippen molar-refractivity contribution < 1.29 is 40.2 Å². The van der Waals surface area contributed by atoms with Gasteiger partial charge in [-0.25, -0.2) is 5.43 Å². The van der Waals surface area contributed by atoms with Gasteiger partial charge in [0.05, 0.1) is 16.9 Å². The van der Waals surface area contributed by atoms with Crippen LogP contribution in [0.5, 0.6) is 11.5 Å². The van der Waals surface area contributed by atoms with E-state index in [1.165, 1.54) is 19.2 Å². The van der Waals surface area contributed by atoms with E-state index in [1.54, 1.807) is 0 Å². The third kappa shape index (κ3) is 5.92. The molecule has 0 aliphatic carbocycles. The SMILES string of the molecule is COc1cc(/C=N/NC(F)(F)C(F)(F)C(F)(F)F)cc(I)c1OCc1cccc(C)c1. The highest BCUT2D eigenvalue weighted by Gasteiger charge is 2.73. The predicted octanol–water partition coefficient (Wildman–Crippen LogP) is 5.90. The van der Waals surface area contributed by atoms with E-state index in [2.05, 4.69) is 5.10 Å². The van der Waals surface area contributed by atoms with E-state index in [1.807, 2.05) is 53.8 Å². The Balaban J connectivity index is 2.17. The van der Waals surface area contributed by atoms with Gasteiger partial charge in [-0.05, 0) is 52.8 Å². The van der Waals surface area contributed by atoms with Gasteiger partial charge in [0.25, 0.3) is 0 Å². The molecule has 0 aliphatic heterocycles. The standard InChI is InChI=1S/C19H16F7IN2O2/c1-11-4-3-5-12(6-11)10-31-16-14(27)7-13(8-15(16)30-2)9-28-29-19(25,26)17(20,21)18(22,23)24/h3-9,29H,10H2,1-2H3/b28-9+. The first kappa shape index (κ1) is 25.0. The lowest BCUT2D eigenvalue weighted by Crippen LogP contribution is -2.58. The molecule has 170 valence electrons. The van der Waals surface area contributed by atoms with Crippen LogP contribution in [0.1, 0.15) is 16.7 Å². The molecule has 0 bridgehead atoms. The third-order valence-electron chi connectivity index (χ3n) is 3.89. The molecule has 0 saturated heterocycles. The number of methoxy groups -OCH3 is 1. The molecular weight excluding hydrogens is 548 g/mol. The van der Waals surface area contributed by atoms with Gasteiger partial charge in [0.2, 0.25) is 0 Å². The lowest BCUT2D eigenvalue weighted by atomic mass is 10.1. The molecule has 0 atom stereocenters. The molecule has 0 aromatic heterocycles. The van der Waals surface area contributed by atoms with Crippen LogP contribution in [0.2, 0.25) is 0 Å². The maximum absolute atomic E-state index is 13.2. The van der Waals surface area contributed by atoms with Gasteiger partial charge in [-0.15, -0.1) is 0 Å². The molecule has 2 aromatic carbocycles. The number of nitrogens with one attached hydrogen (secondary N) is 1. The zero-order valence-electron chi connectivity index (χ0n) is 16.0. The average molecular weight is 564 g/mol. The largest absolute Gasteiger partial charge is 0.493 e. The van der Waals surface area contributed by atoms with Crippen LogP contribution in [0.4, 0.5) is 30.7 Å². The Kier molecular flexibility index (Phi) is 7.66. The first-order valence-electron chi connectivity index (χ1n) is 8.47. The Labute approximate surface area is 186 Å². The molecule has 0 spiro atoms. The highest BCUT2D eigenvalue weighted by atomic mass is 127. The lowest BCUT2D eigenvalue weighted by molar-refractivity contribution is -0.361. The second-order valence-electron chi connectivity index (χ2n) is 6.33. The van der Waals surface area contributed by atoms with Gasteiger partial charge in [0.15, 0.2) is 11.5 Å². The lowest BCUT2D eigenvalue weighted by Gasteiger charge is -2.27. The molecular formula is C19H16F7IN2O2. The molecule has 12 heteroatoms. The average Bonchev–Trinajstić information content (AvgIpc) is 2.65. The van der Waals surface area contributed by atoms with E-state index in [0.717, 1.165) is 11.1 Å². The fourth-order valence-corrected chi connectivity index (χ4v) is 3.13. The van der Waals surface area contributed by atoms with E-state index in [-0.39, 0.29) is 17.9 Å². The minimum Gasteiger partial charge on any atom is -0.493 e. The van der Waals surface area contributed by atoms with Crippen LogP contribution in [0, 0.1) is 10.5 Å². The van der Waals surface area contributed by atoms with Crippen molar-refractivity contribution in [3.8, 4) is 11.5 Å². The summed E-state index contributed by atoms with van der Waals surface area (Å²) in [7, 11) is 1.32. The molecule has 0 heterocycles. The number of ether oxygens (including phenoxy) is 2. The van der Waals surface area contributed by atoms with Crippen molar-refractivity contribution in [2.45, 2.75) is 31.7 Å². The predicted molar refractivity (Wildman–Crippen MR) is 108 cm³/mol. The Hall–Kier alpha value is -2.25. The Morgan fingerprint density at radius 2 is 1.74 bits per heavy atom. The summed E-state index contributed by atoms with van der Waals surface area (Å²) in [4.78, 5) is 0. The monoisotopic (exact) mass is 564 g/mol. The third-order valence-corrected chi connectivity index (χ3v) is 4.69. The Bertz CT molecular complexity index is 949. The van der Waals surface area contributed by atoms with E-state index in [4.69, 9.17) is 9.47 Å². The maximum atomic E-state index is 13.2. The van der Waals surface area contributed by atoms with Crippen molar-refractivity contribution in [2.75, 3.05) is 7.11 Å². The summed E-state index contributed by atoms with van der Waals surface area (Å²) in [5.41, 5.74) is 2.60. The van der Waals surface area contributed by atoms with Crippen molar-refractivity contribution >= 4 is 28.8 Å². The fourth-order valence-electron chi connectivity index (χ4n) is 2.35. The Morgan fingerprint density at radius 3 is 2.32 bits per heavy atom. The molecule has 31 heavy (non-hydrogen) atoms. The highest BCUT2D eigenvalue weighted by molar-refractivity contribution is 14.1. The number of aryl methyl sites for hydroxylation is 1. The summed E-state index contributed by atoms with van der Waals surface area (Å²) in [6.07, 6.45) is -5.79. The number of alkyl halides is 7. The maximum Gasteiger partial charge on any atom is 0.462 e. The second-order valence-corrected chi connectivity index (χ2v) is 7.49. The summed E-state index contributed by atoms with van der Waals surface area (Å²) < 4.78 is 100. The summed E-state index contributed by atoms with van der Waals surface area (Å²) in [5, 5.41) is 2.84. The van der Waals surface area contributed by atoms with Crippen molar-refractivity contribution in [3.63, 3.8) is 0 Å². The van der Waals surface area contributed by atoms with Crippen LogP contribution in [0.3, 0.4) is 0 Å². The molecule has 0 fully saturated rings. The van der Waals surface area contributed by atoms with Crippen molar-refractivity contribution in [2.24, 2.45) is 5.10 Å². The van der Waals surface area contributed by atoms with Crippen LogP contribution in [0.25, 0.3) is 0 Å². The quantitative estimate of drug-likeness (QED) is 0.143. The fraction of sp³-hybridized carbons (Fsp3) is 0.316. The van der Waals surface area contributed by atoms with Crippen LogP contribution < -0.4 is 14.9 Å². The molecule has 2 aromatic rings. The smallest absolute Gasteiger partial charge is 0.462 e. The van der Waals surface area contributed by atoms with E-state index >= 15 is 0 Å². The van der Waals surface area contributed by atoms with Gasteiger partial charge < -0.3 is 9.47 Å². The number of hydrogen-bond acceptors (Lipinski definition) is 4. The van der Waals surface area contributed by atoms with Gasteiger partial charge in [0, 0.05) is 0 Å². The van der Waals surface area contributed by atoms with Gasteiger partial charge in [-0.2, -0.15) is 35.8 Å². The summed E-state index contributed by atoms with van der Waals surface area (Å²) in [6, 6.07) is 4.62. The minimum atomic E-state index is -6.45. The Morgan fingerprint density at radius 1 is 1.06 bits per heavy atom. The molecule has 2 rings (SSSR count). The number of hydrazone groups is 1. The molecule has 1 N–H and O–H groups in total. The van der Waals surface area contributed by atoms with Gasteiger partial charge in [-0.3, -0.25) is 0 Å². The highest BCUT2D eigenvalue weighted by Crippen LogP contribution is 2.45. The van der Waals surface area contributed by atoms with Crippen LogP contribution in [-0.4, -0.2) is 31.5 Å². The first-order chi connectivity index (χ1) is 14.3. The molecule has 0 saturated carbocycles. The van der Waals surface area contributed by atoms with E-state index in [0.29, 0.717) is 21.0 Å². The van der Waals surface area contributed by atoms with Gasteiger partial charge in [-0.1, -0.05) is 29.8 Å². The summed E-state index contributed by atoms with van der Waals surface area (Å²) >= 11 is 1.87. The molecule has 0 aliphatic rings. The van der Waals surface area contributed by atoms with Gasteiger partial charge >= 0.3 is 18.1 Å². The number of halogens is 8. The summed E-state index contributed by atoms with van der Waals surface area (Å²) in [5.74, 6) is -5.78. The zero-order chi connectivity index (χ0) is 23.4. The van der Waals surface area contributed by atoms with Crippen molar-refractivity contribution in [1.82, 2.24) is 5.43 Å². The number of hydrogen-bond donors (Lipinski definition) is 1. The minimum absolute atomic E-state index is 0.0998. The normalized spacial score (nSPS) is 12.8. The molecule has 0 unspecified atom stereocenters. The van der Waals surface area contributed by atoms with Crippen LogP contribution in [0.15, 0.2) is 41.5 Å². The number of benzene rings is 2. The van der Waals surface area contributed by atoms with Crippen molar-refractivity contribution in [1.29, 1.82) is 0 Å². The number of nitrogens with zero attached hydrogens (tertiary/aromatic N) is 1. The number of rotatable bonds is 8. The molecule has 4 nitrogen and oxygen atoms in total. The zero-order valence-corrected chi connectivity index (χ0v) is 18.2. The first-order valence-corrected chi connectivity index (χ1v) is 9.55. The van der Waals surface area contributed by atoms with E-state index < -0.39 is 18.1 Å². The topological polar surface area (TPSA) is 42.8 Å². The molecule has 0 radical (unpaired) electrons. The van der Waals surface area contributed by atoms with Crippen LogP contribution >= 0.6 is 22.6 Å². The molecule has 0 amide bonds. The second kappa shape index (κ2) is 9.49.